The van der Waals surface area contributed by atoms with E-state index in [0.717, 1.165) is 19.6 Å². The molecule has 1 heterocycles. The molecule has 0 bridgehead atoms. The summed E-state index contributed by atoms with van der Waals surface area (Å²) in [5.41, 5.74) is 1.33. The molecule has 1 aromatic rings. The Kier molecular flexibility index (Phi) is 5.60. The molecule has 18 heavy (non-hydrogen) atoms. The van der Waals surface area contributed by atoms with Crippen molar-refractivity contribution >= 4 is 16.5 Å². The number of hydrogen-bond acceptors (Lipinski definition) is 4. The van der Waals surface area contributed by atoms with Gasteiger partial charge in [-0.2, -0.15) is 0 Å². The van der Waals surface area contributed by atoms with E-state index in [9.17, 15) is 0 Å². The van der Waals surface area contributed by atoms with Crippen LogP contribution in [-0.4, -0.2) is 23.6 Å². The molecule has 0 spiro atoms. The van der Waals surface area contributed by atoms with Crippen LogP contribution in [0.1, 0.15) is 51.6 Å². The standard InChI is InChI=1S/C14H27N3S/c1-7-9-17(8-2)13-16-11(3)12(18-13)10-15-14(4,5)6/h15H,7-10H2,1-6H3. The predicted molar refractivity (Wildman–Crippen MR) is 81.6 cm³/mol. The largest absolute Gasteiger partial charge is 0.348 e. The first-order chi connectivity index (χ1) is 8.37. The van der Waals surface area contributed by atoms with Crippen molar-refractivity contribution in [2.45, 2.75) is 60.0 Å². The van der Waals surface area contributed by atoms with E-state index in [0.29, 0.717) is 0 Å². The second kappa shape index (κ2) is 6.53. The minimum Gasteiger partial charge on any atom is -0.348 e. The maximum Gasteiger partial charge on any atom is 0.185 e. The van der Waals surface area contributed by atoms with Crippen molar-refractivity contribution in [3.8, 4) is 0 Å². The van der Waals surface area contributed by atoms with Crippen molar-refractivity contribution in [3.05, 3.63) is 10.6 Å². The number of aromatic nitrogens is 1. The van der Waals surface area contributed by atoms with Crippen molar-refractivity contribution in [2.24, 2.45) is 0 Å². The second-order valence-electron chi connectivity index (χ2n) is 5.69. The molecule has 4 heteroatoms. The molecule has 0 aliphatic rings. The number of aryl methyl sites for hydroxylation is 1. The number of nitrogens with one attached hydrogen (secondary N) is 1. The average Bonchev–Trinajstić information content (AvgIpc) is 2.64. The van der Waals surface area contributed by atoms with Crippen molar-refractivity contribution in [1.82, 2.24) is 10.3 Å². The summed E-state index contributed by atoms with van der Waals surface area (Å²) >= 11 is 1.83. The molecule has 0 radical (unpaired) electrons. The van der Waals surface area contributed by atoms with E-state index in [4.69, 9.17) is 4.98 Å². The Balaban J connectivity index is 2.74. The number of hydrogen-bond donors (Lipinski definition) is 1. The van der Waals surface area contributed by atoms with E-state index in [2.05, 4.69) is 51.8 Å². The van der Waals surface area contributed by atoms with Crippen LogP contribution >= 0.6 is 11.3 Å². The number of thiazole rings is 1. The van der Waals surface area contributed by atoms with Crippen LogP contribution in [0.4, 0.5) is 5.13 Å². The second-order valence-corrected chi connectivity index (χ2v) is 6.75. The zero-order chi connectivity index (χ0) is 13.8. The Morgan fingerprint density at radius 2 is 1.94 bits per heavy atom. The van der Waals surface area contributed by atoms with Gasteiger partial charge in [-0.05, 0) is 41.0 Å². The number of nitrogens with zero attached hydrogens (tertiary/aromatic N) is 2. The predicted octanol–water partition coefficient (Wildman–Crippen LogP) is 3.58. The molecule has 0 saturated carbocycles. The van der Waals surface area contributed by atoms with Crippen molar-refractivity contribution in [2.75, 3.05) is 18.0 Å². The molecule has 0 aromatic carbocycles. The Morgan fingerprint density at radius 1 is 1.28 bits per heavy atom. The van der Waals surface area contributed by atoms with Crippen LogP contribution < -0.4 is 10.2 Å². The summed E-state index contributed by atoms with van der Waals surface area (Å²) in [5.74, 6) is 0. The molecule has 0 fully saturated rings. The summed E-state index contributed by atoms with van der Waals surface area (Å²) in [5, 5.41) is 4.70. The highest BCUT2D eigenvalue weighted by atomic mass is 32.1. The normalized spacial score (nSPS) is 11.9. The Hall–Kier alpha value is -0.610. The quantitative estimate of drug-likeness (QED) is 0.855. The summed E-state index contributed by atoms with van der Waals surface area (Å²) < 4.78 is 0. The molecule has 1 rings (SSSR count). The highest BCUT2D eigenvalue weighted by Crippen LogP contribution is 2.26. The summed E-state index contributed by atoms with van der Waals surface area (Å²) in [4.78, 5) is 8.42. The fourth-order valence-electron chi connectivity index (χ4n) is 1.72. The zero-order valence-electron chi connectivity index (χ0n) is 12.6. The van der Waals surface area contributed by atoms with Crippen LogP contribution in [0.3, 0.4) is 0 Å². The minimum atomic E-state index is 0.157. The van der Waals surface area contributed by atoms with Gasteiger partial charge in [0.1, 0.15) is 0 Å². The molecule has 1 N–H and O–H groups in total. The zero-order valence-corrected chi connectivity index (χ0v) is 13.4. The van der Waals surface area contributed by atoms with Gasteiger partial charge < -0.3 is 10.2 Å². The van der Waals surface area contributed by atoms with Gasteiger partial charge in [-0.3, -0.25) is 0 Å². The molecule has 104 valence electrons. The van der Waals surface area contributed by atoms with E-state index in [1.807, 2.05) is 11.3 Å². The first kappa shape index (κ1) is 15.4. The highest BCUT2D eigenvalue weighted by Gasteiger charge is 2.15. The lowest BCUT2D eigenvalue weighted by molar-refractivity contribution is 0.425. The van der Waals surface area contributed by atoms with Crippen LogP contribution in [0.25, 0.3) is 0 Å². The van der Waals surface area contributed by atoms with Crippen LogP contribution in [0.15, 0.2) is 0 Å². The smallest absolute Gasteiger partial charge is 0.185 e. The van der Waals surface area contributed by atoms with Crippen LogP contribution in [0, 0.1) is 6.92 Å². The molecule has 1 aromatic heterocycles. The maximum absolute atomic E-state index is 4.71. The fourth-order valence-corrected chi connectivity index (χ4v) is 2.81. The molecule has 0 amide bonds. The van der Waals surface area contributed by atoms with E-state index in [-0.39, 0.29) is 5.54 Å². The van der Waals surface area contributed by atoms with Crippen molar-refractivity contribution in [3.63, 3.8) is 0 Å². The van der Waals surface area contributed by atoms with Gasteiger partial charge in [-0.1, -0.05) is 6.92 Å². The number of rotatable bonds is 6. The summed E-state index contributed by atoms with van der Waals surface area (Å²) in [7, 11) is 0. The SMILES string of the molecule is CCCN(CC)c1nc(C)c(CNC(C)(C)C)s1. The summed E-state index contributed by atoms with van der Waals surface area (Å²) in [6.45, 7) is 16.1. The first-order valence-corrected chi connectivity index (χ1v) is 7.65. The van der Waals surface area contributed by atoms with E-state index >= 15 is 0 Å². The third kappa shape index (κ3) is 4.58. The van der Waals surface area contributed by atoms with Crippen molar-refractivity contribution in [1.29, 1.82) is 0 Å². The van der Waals surface area contributed by atoms with Gasteiger partial charge in [0.2, 0.25) is 0 Å². The molecule has 0 unspecified atom stereocenters. The Labute approximate surface area is 116 Å². The number of anilines is 1. The van der Waals surface area contributed by atoms with Gasteiger partial charge in [-0.25, -0.2) is 4.98 Å². The summed E-state index contributed by atoms with van der Waals surface area (Å²) in [6.07, 6.45) is 1.17. The molecule has 0 aliphatic heterocycles. The molecule has 0 aliphatic carbocycles. The highest BCUT2D eigenvalue weighted by molar-refractivity contribution is 7.15. The van der Waals surface area contributed by atoms with E-state index in [1.54, 1.807) is 0 Å². The first-order valence-electron chi connectivity index (χ1n) is 6.83. The molecule has 0 saturated heterocycles. The van der Waals surface area contributed by atoms with Crippen LogP contribution in [-0.2, 0) is 6.54 Å². The fraction of sp³-hybridized carbons (Fsp3) is 0.786. The average molecular weight is 269 g/mol. The maximum atomic E-state index is 4.71. The van der Waals surface area contributed by atoms with Gasteiger partial charge in [0.15, 0.2) is 5.13 Å². The van der Waals surface area contributed by atoms with Crippen molar-refractivity contribution < 1.29 is 0 Å². The van der Waals surface area contributed by atoms with E-state index < -0.39 is 0 Å². The third-order valence-corrected chi connectivity index (χ3v) is 4.02. The van der Waals surface area contributed by atoms with Gasteiger partial charge in [-0.15, -0.1) is 11.3 Å². The minimum absolute atomic E-state index is 0.157. The van der Waals surface area contributed by atoms with Gasteiger partial charge in [0.25, 0.3) is 0 Å². The lowest BCUT2D eigenvalue weighted by Crippen LogP contribution is -2.34. The third-order valence-electron chi connectivity index (χ3n) is 2.81. The monoisotopic (exact) mass is 269 g/mol. The molecule has 3 nitrogen and oxygen atoms in total. The molecular formula is C14H27N3S. The lowest BCUT2D eigenvalue weighted by Gasteiger charge is -2.20. The topological polar surface area (TPSA) is 28.2 Å². The van der Waals surface area contributed by atoms with E-state index in [1.165, 1.54) is 22.1 Å². The Morgan fingerprint density at radius 3 is 2.44 bits per heavy atom. The van der Waals surface area contributed by atoms with Crippen LogP contribution in [0.2, 0.25) is 0 Å². The molecular weight excluding hydrogens is 242 g/mol. The Bertz CT molecular complexity index is 366. The van der Waals surface area contributed by atoms with Gasteiger partial charge >= 0.3 is 0 Å². The lowest BCUT2D eigenvalue weighted by atomic mass is 10.1. The molecule has 0 atom stereocenters. The summed E-state index contributed by atoms with van der Waals surface area (Å²) in [6, 6.07) is 0. The van der Waals surface area contributed by atoms with Gasteiger partial charge in [0, 0.05) is 30.1 Å². The van der Waals surface area contributed by atoms with Crippen LogP contribution in [0.5, 0.6) is 0 Å². The van der Waals surface area contributed by atoms with Gasteiger partial charge in [0.05, 0.1) is 5.69 Å².